The zero-order chi connectivity index (χ0) is 38.1. The molecule has 3 rings (SSSR count). The second-order valence-corrected chi connectivity index (χ2v) is 12.6. The third-order valence-corrected chi connectivity index (χ3v) is 8.40. The van der Waals surface area contributed by atoms with Crippen LogP contribution in [0.4, 0.5) is 11.4 Å². The summed E-state index contributed by atoms with van der Waals surface area (Å²) in [7, 11) is 0. The molecule has 0 aromatic heterocycles. The minimum Gasteiger partial charge on any atom is -0.493 e. The SMILES string of the molecule is CC(=O)CCCCCOc1cc([N+](=O)[O-])c(C(=O)N2CCCC[C@H]2CO)cc1C.CC(=O)CCCCCOc1cc([N+](=O)[O-])c(C(=O)O)cc1C. The van der Waals surface area contributed by atoms with Crippen LogP contribution < -0.4 is 9.47 Å². The number of nitro groups is 2. The molecule has 2 N–H and O–H groups in total. The molecule has 1 atom stereocenters. The van der Waals surface area contributed by atoms with Crippen molar-refractivity contribution in [3.05, 3.63) is 66.7 Å². The van der Waals surface area contributed by atoms with E-state index in [-0.39, 0.29) is 41.0 Å². The van der Waals surface area contributed by atoms with Crippen LogP contribution in [-0.4, -0.2) is 80.8 Å². The number of Topliss-reactive ketones (excluding diaryl/α,β-unsaturated/α-hetero) is 2. The first kappa shape index (κ1) is 42.2. The van der Waals surface area contributed by atoms with Crippen LogP contribution in [0.2, 0.25) is 0 Å². The Hall–Kier alpha value is -4.92. The van der Waals surface area contributed by atoms with Crippen LogP contribution in [0.3, 0.4) is 0 Å². The highest BCUT2D eigenvalue weighted by atomic mass is 16.6. The van der Waals surface area contributed by atoms with Gasteiger partial charge in [0.25, 0.3) is 17.3 Å². The van der Waals surface area contributed by atoms with Crippen LogP contribution >= 0.6 is 0 Å². The molecule has 1 heterocycles. The second kappa shape index (κ2) is 21.3. The number of ether oxygens (including phenoxy) is 2. The molecule has 0 spiro atoms. The number of piperidine rings is 1. The van der Waals surface area contributed by atoms with Crippen LogP contribution in [0.1, 0.15) is 116 Å². The fraction of sp³-hybridized carbons (Fsp3) is 0.556. The van der Waals surface area contributed by atoms with Gasteiger partial charge in [-0.3, -0.25) is 25.0 Å². The Kier molecular flexibility index (Phi) is 17.7. The van der Waals surface area contributed by atoms with Gasteiger partial charge in [0.05, 0.1) is 47.8 Å². The number of benzene rings is 2. The van der Waals surface area contributed by atoms with Gasteiger partial charge in [-0.15, -0.1) is 0 Å². The van der Waals surface area contributed by atoms with E-state index in [1.165, 1.54) is 18.2 Å². The lowest BCUT2D eigenvalue weighted by molar-refractivity contribution is -0.385. The molecule has 1 saturated heterocycles. The highest BCUT2D eigenvalue weighted by molar-refractivity contribution is 5.99. The summed E-state index contributed by atoms with van der Waals surface area (Å²) in [6.07, 6.45) is 8.25. The average molecular weight is 716 g/mol. The van der Waals surface area contributed by atoms with Gasteiger partial charge in [0.2, 0.25) is 0 Å². The summed E-state index contributed by atoms with van der Waals surface area (Å²) < 4.78 is 11.2. The maximum absolute atomic E-state index is 13.0. The molecular weight excluding hydrogens is 666 g/mol. The first-order chi connectivity index (χ1) is 24.2. The Labute approximate surface area is 297 Å². The summed E-state index contributed by atoms with van der Waals surface area (Å²) in [6, 6.07) is 4.91. The van der Waals surface area contributed by atoms with Crippen molar-refractivity contribution in [1.82, 2.24) is 4.90 Å². The van der Waals surface area contributed by atoms with Crippen molar-refractivity contribution in [2.45, 2.75) is 104 Å². The summed E-state index contributed by atoms with van der Waals surface area (Å²) in [5.74, 6) is -0.758. The van der Waals surface area contributed by atoms with Crippen molar-refractivity contribution < 1.29 is 48.7 Å². The van der Waals surface area contributed by atoms with Gasteiger partial charge in [-0.25, -0.2) is 4.79 Å². The van der Waals surface area contributed by atoms with Gasteiger partial charge in [0, 0.05) is 19.4 Å². The lowest BCUT2D eigenvalue weighted by atomic mass is 10.00. The molecule has 0 saturated carbocycles. The Bertz CT molecular complexity index is 1560. The number of ketones is 2. The molecule has 2 aromatic rings. The average Bonchev–Trinajstić information content (AvgIpc) is 3.08. The molecule has 0 unspecified atom stereocenters. The molecule has 0 radical (unpaired) electrons. The quantitative estimate of drug-likeness (QED) is 0.0899. The van der Waals surface area contributed by atoms with Gasteiger partial charge in [0.15, 0.2) is 0 Å². The number of carboxylic acid groups (broad SMARTS) is 1. The van der Waals surface area contributed by atoms with Gasteiger partial charge in [-0.05, 0) is 109 Å². The van der Waals surface area contributed by atoms with Crippen LogP contribution in [0, 0.1) is 34.1 Å². The molecule has 15 heteroatoms. The maximum Gasteiger partial charge on any atom is 0.342 e. The summed E-state index contributed by atoms with van der Waals surface area (Å²) >= 11 is 0. The van der Waals surface area contributed by atoms with E-state index in [2.05, 4.69) is 0 Å². The Morgan fingerprint density at radius 3 is 1.67 bits per heavy atom. The van der Waals surface area contributed by atoms with E-state index in [1.54, 1.807) is 32.6 Å². The number of aliphatic hydroxyl groups is 1. The van der Waals surface area contributed by atoms with E-state index >= 15 is 0 Å². The van der Waals surface area contributed by atoms with Gasteiger partial charge < -0.3 is 34.2 Å². The van der Waals surface area contributed by atoms with Crippen molar-refractivity contribution >= 4 is 34.8 Å². The third-order valence-electron chi connectivity index (χ3n) is 8.40. The number of nitro benzene ring substituents is 2. The van der Waals surface area contributed by atoms with Crippen molar-refractivity contribution in [3.63, 3.8) is 0 Å². The number of aryl methyl sites for hydroxylation is 2. The number of nitrogens with zero attached hydrogens (tertiary/aromatic N) is 3. The summed E-state index contributed by atoms with van der Waals surface area (Å²) in [4.78, 5) is 68.5. The normalized spacial score (nSPS) is 13.8. The lowest BCUT2D eigenvalue weighted by Crippen LogP contribution is -2.45. The summed E-state index contributed by atoms with van der Waals surface area (Å²) in [5.41, 5.74) is 0.101. The maximum atomic E-state index is 13.0. The highest BCUT2D eigenvalue weighted by Gasteiger charge is 2.32. The number of rotatable bonds is 19. The fourth-order valence-corrected chi connectivity index (χ4v) is 5.59. The molecule has 1 aliphatic heterocycles. The third kappa shape index (κ3) is 13.7. The number of aromatic carboxylic acids is 1. The molecule has 1 amide bonds. The van der Waals surface area contributed by atoms with Crippen molar-refractivity contribution in [2.24, 2.45) is 0 Å². The molecule has 280 valence electrons. The van der Waals surface area contributed by atoms with Crippen LogP contribution in [0.15, 0.2) is 24.3 Å². The first-order valence-corrected chi connectivity index (χ1v) is 17.2. The Morgan fingerprint density at radius 2 is 1.24 bits per heavy atom. The van der Waals surface area contributed by atoms with E-state index in [0.29, 0.717) is 61.6 Å². The van der Waals surface area contributed by atoms with E-state index in [9.17, 15) is 44.5 Å². The van der Waals surface area contributed by atoms with Crippen LogP contribution in [-0.2, 0) is 9.59 Å². The second-order valence-electron chi connectivity index (χ2n) is 12.6. The first-order valence-electron chi connectivity index (χ1n) is 17.2. The molecule has 15 nitrogen and oxygen atoms in total. The molecule has 1 fully saturated rings. The van der Waals surface area contributed by atoms with Gasteiger partial charge in [0.1, 0.15) is 34.2 Å². The molecule has 1 aliphatic rings. The number of carboxylic acids is 1. The van der Waals surface area contributed by atoms with Crippen molar-refractivity contribution in [3.8, 4) is 11.5 Å². The number of carbonyl (C=O) groups is 4. The predicted octanol–water partition coefficient (Wildman–Crippen LogP) is 6.55. The van der Waals surface area contributed by atoms with E-state index < -0.39 is 27.4 Å². The highest BCUT2D eigenvalue weighted by Crippen LogP contribution is 2.32. The van der Waals surface area contributed by atoms with Crippen LogP contribution in [0.5, 0.6) is 11.5 Å². The number of aliphatic hydroxyl groups excluding tert-OH is 1. The van der Waals surface area contributed by atoms with Gasteiger partial charge >= 0.3 is 5.97 Å². The molecule has 2 aromatic carbocycles. The number of hydrogen-bond donors (Lipinski definition) is 2. The number of carbonyl (C=O) groups excluding carboxylic acids is 3. The Balaban J connectivity index is 0.000000368. The predicted molar refractivity (Wildman–Crippen MR) is 188 cm³/mol. The largest absolute Gasteiger partial charge is 0.493 e. The van der Waals surface area contributed by atoms with E-state index in [4.69, 9.17) is 14.6 Å². The van der Waals surface area contributed by atoms with Crippen molar-refractivity contribution in [2.75, 3.05) is 26.4 Å². The smallest absolute Gasteiger partial charge is 0.342 e. The zero-order valence-corrected chi connectivity index (χ0v) is 29.8. The number of unbranched alkanes of at least 4 members (excludes halogenated alkanes) is 4. The van der Waals surface area contributed by atoms with Gasteiger partial charge in [-0.2, -0.15) is 0 Å². The summed E-state index contributed by atoms with van der Waals surface area (Å²) in [6.45, 7) is 7.59. The van der Waals surface area contributed by atoms with Crippen molar-refractivity contribution in [1.29, 1.82) is 0 Å². The number of likely N-dealkylation sites (tertiary alicyclic amines) is 1. The number of amides is 1. The van der Waals surface area contributed by atoms with Gasteiger partial charge in [-0.1, -0.05) is 0 Å². The minimum atomic E-state index is -1.34. The topological polar surface area (TPSA) is 217 Å². The monoisotopic (exact) mass is 715 g/mol. The zero-order valence-electron chi connectivity index (χ0n) is 29.8. The fourth-order valence-electron chi connectivity index (χ4n) is 5.59. The molecule has 51 heavy (non-hydrogen) atoms. The van der Waals surface area contributed by atoms with E-state index in [1.807, 2.05) is 0 Å². The molecular formula is C36H49N3O12. The molecule has 0 aliphatic carbocycles. The standard InChI is InChI=1S/C21H30N2O6.C15H19NO6/c1-15-12-18(21(26)22-10-6-5-9-17(22)14-24)19(23(27)28)13-20(15)29-11-7-3-4-8-16(2)25;1-10-8-12(15(18)19)13(16(20)21)9-14(10)22-7-5-3-4-6-11(2)17/h12-13,17,24H,3-11,14H2,1-2H3;8-9H,3-7H2,1-2H3,(H,18,19)/t17-;/m0./s1. The van der Waals surface area contributed by atoms with E-state index in [0.717, 1.165) is 57.4 Å². The number of hydrogen-bond acceptors (Lipinski definition) is 11. The van der Waals surface area contributed by atoms with Crippen LogP contribution in [0.25, 0.3) is 0 Å². The minimum absolute atomic E-state index is 0.0293. The Morgan fingerprint density at radius 1 is 0.765 bits per heavy atom. The summed E-state index contributed by atoms with van der Waals surface area (Å²) in [5, 5.41) is 41.1. The molecule has 0 bridgehead atoms. The lowest BCUT2D eigenvalue weighted by Gasteiger charge is -2.34.